The molecule has 0 heterocycles. The molecule has 0 aliphatic rings. The largest absolute Gasteiger partial charge is 0.398 e. The van der Waals surface area contributed by atoms with Crippen molar-refractivity contribution in [1.29, 1.82) is 5.26 Å². The molecule has 2 nitrogen and oxygen atoms in total. The third-order valence-corrected chi connectivity index (χ3v) is 3.25. The fourth-order valence-electron chi connectivity index (χ4n) is 1.45. The van der Waals surface area contributed by atoms with Crippen LogP contribution in [0.3, 0.4) is 0 Å². The summed E-state index contributed by atoms with van der Waals surface area (Å²) in [4.78, 5) is 1.10. The molecule has 80 valence electrons. The Hall–Kier alpha value is -1.14. The number of nitrogen functional groups attached to an aromatic ring is 1. The van der Waals surface area contributed by atoms with E-state index in [4.69, 9.17) is 11.0 Å². The molecule has 0 spiro atoms. The first-order valence-corrected chi connectivity index (χ1v) is 6.25. The van der Waals surface area contributed by atoms with Gasteiger partial charge in [0.1, 0.15) is 0 Å². The monoisotopic (exact) mass is 220 g/mol. The topological polar surface area (TPSA) is 49.8 Å². The minimum atomic E-state index is 0.114. The second-order valence-electron chi connectivity index (χ2n) is 3.51. The molecular weight excluding hydrogens is 204 g/mol. The zero-order chi connectivity index (χ0) is 11.3. The van der Waals surface area contributed by atoms with Gasteiger partial charge in [0.15, 0.2) is 0 Å². The Morgan fingerprint density at radius 1 is 1.53 bits per heavy atom. The maximum absolute atomic E-state index is 8.89. The molecule has 0 aliphatic carbocycles. The van der Waals surface area contributed by atoms with Gasteiger partial charge in [-0.1, -0.05) is 13.0 Å². The fourth-order valence-corrected chi connectivity index (χ4v) is 2.02. The van der Waals surface area contributed by atoms with Crippen LogP contribution in [-0.4, -0.2) is 6.26 Å². The number of rotatable bonds is 4. The van der Waals surface area contributed by atoms with Crippen molar-refractivity contribution in [3.8, 4) is 6.07 Å². The van der Waals surface area contributed by atoms with Crippen molar-refractivity contribution < 1.29 is 0 Å². The minimum Gasteiger partial charge on any atom is -0.398 e. The molecule has 0 fully saturated rings. The van der Waals surface area contributed by atoms with E-state index in [0.717, 1.165) is 23.4 Å². The average molecular weight is 220 g/mol. The first-order chi connectivity index (χ1) is 7.21. The average Bonchev–Trinajstić information content (AvgIpc) is 2.28. The molecule has 1 atom stereocenters. The van der Waals surface area contributed by atoms with Gasteiger partial charge < -0.3 is 5.73 Å². The van der Waals surface area contributed by atoms with Gasteiger partial charge in [-0.05, 0) is 36.8 Å². The number of hydrogen-bond acceptors (Lipinski definition) is 3. The molecule has 0 bridgehead atoms. The molecule has 0 aliphatic heterocycles. The lowest BCUT2D eigenvalue weighted by molar-refractivity contribution is 0.637. The number of nitrogens with two attached hydrogens (primary N) is 1. The van der Waals surface area contributed by atoms with Crippen molar-refractivity contribution >= 4 is 17.4 Å². The van der Waals surface area contributed by atoms with Gasteiger partial charge in [-0.15, -0.1) is 11.8 Å². The van der Waals surface area contributed by atoms with Gasteiger partial charge in [-0.3, -0.25) is 0 Å². The normalized spacial score (nSPS) is 12.1. The van der Waals surface area contributed by atoms with Gasteiger partial charge in [0.2, 0.25) is 0 Å². The molecule has 0 radical (unpaired) electrons. The van der Waals surface area contributed by atoms with E-state index in [1.807, 2.05) is 25.3 Å². The Bertz CT molecular complexity index is 368. The number of nitriles is 1. The van der Waals surface area contributed by atoms with Crippen LogP contribution in [-0.2, 0) is 6.42 Å². The number of benzene rings is 1. The zero-order valence-electron chi connectivity index (χ0n) is 9.16. The summed E-state index contributed by atoms with van der Waals surface area (Å²) in [7, 11) is 0. The smallest absolute Gasteiger partial charge is 0.0659 e. The summed E-state index contributed by atoms with van der Waals surface area (Å²) in [5.74, 6) is 0.114. The second kappa shape index (κ2) is 5.67. The number of thioether (sulfide) groups is 1. The van der Waals surface area contributed by atoms with Crippen LogP contribution in [0.5, 0.6) is 0 Å². The van der Waals surface area contributed by atoms with Gasteiger partial charge in [-0.25, -0.2) is 0 Å². The van der Waals surface area contributed by atoms with Crippen LogP contribution in [0.4, 0.5) is 5.69 Å². The molecule has 2 N–H and O–H groups in total. The Kier molecular flexibility index (Phi) is 4.51. The van der Waals surface area contributed by atoms with Gasteiger partial charge in [0.25, 0.3) is 0 Å². The quantitative estimate of drug-likeness (QED) is 0.626. The summed E-state index contributed by atoms with van der Waals surface area (Å²) >= 11 is 1.64. The summed E-state index contributed by atoms with van der Waals surface area (Å²) in [5, 5.41) is 8.89. The molecule has 0 saturated carbocycles. The first-order valence-electron chi connectivity index (χ1n) is 5.03. The molecule has 1 aromatic carbocycles. The summed E-state index contributed by atoms with van der Waals surface area (Å²) < 4.78 is 0. The number of anilines is 1. The minimum absolute atomic E-state index is 0.114. The second-order valence-corrected chi connectivity index (χ2v) is 4.36. The molecule has 15 heavy (non-hydrogen) atoms. The highest BCUT2D eigenvalue weighted by molar-refractivity contribution is 7.98. The van der Waals surface area contributed by atoms with Crippen molar-refractivity contribution in [2.45, 2.75) is 24.7 Å². The third-order valence-electron chi connectivity index (χ3n) is 2.46. The van der Waals surface area contributed by atoms with E-state index in [1.54, 1.807) is 11.8 Å². The maximum atomic E-state index is 8.89. The van der Waals surface area contributed by atoms with Gasteiger partial charge in [0.05, 0.1) is 12.0 Å². The molecule has 1 aromatic rings. The van der Waals surface area contributed by atoms with Gasteiger partial charge in [-0.2, -0.15) is 5.26 Å². The summed E-state index contributed by atoms with van der Waals surface area (Å²) in [5.41, 5.74) is 7.82. The third kappa shape index (κ3) is 3.17. The van der Waals surface area contributed by atoms with Crippen molar-refractivity contribution in [2.75, 3.05) is 12.0 Å². The Morgan fingerprint density at radius 2 is 2.27 bits per heavy atom. The van der Waals surface area contributed by atoms with E-state index in [2.05, 4.69) is 12.1 Å². The van der Waals surface area contributed by atoms with Crippen LogP contribution < -0.4 is 5.73 Å². The predicted molar refractivity (Wildman–Crippen MR) is 65.7 cm³/mol. The van der Waals surface area contributed by atoms with Crippen LogP contribution >= 0.6 is 11.8 Å². The predicted octanol–water partition coefficient (Wildman–Crippen LogP) is 3.08. The SMILES string of the molecule is CCC(C#N)Cc1ccc(N)c(SC)c1. The first kappa shape index (κ1) is 11.9. The highest BCUT2D eigenvalue weighted by Crippen LogP contribution is 2.25. The van der Waals surface area contributed by atoms with Crippen LogP contribution in [0.1, 0.15) is 18.9 Å². The van der Waals surface area contributed by atoms with Crippen LogP contribution in [0, 0.1) is 17.2 Å². The van der Waals surface area contributed by atoms with Crippen LogP contribution in [0.25, 0.3) is 0 Å². The van der Waals surface area contributed by atoms with Crippen molar-refractivity contribution in [3.05, 3.63) is 23.8 Å². The molecular formula is C12H16N2S. The highest BCUT2D eigenvalue weighted by Gasteiger charge is 2.07. The molecule has 1 unspecified atom stereocenters. The summed E-state index contributed by atoms with van der Waals surface area (Å²) in [6, 6.07) is 8.33. The molecule has 3 heteroatoms. The zero-order valence-corrected chi connectivity index (χ0v) is 9.97. The molecule has 1 rings (SSSR count). The van der Waals surface area contributed by atoms with Gasteiger partial charge >= 0.3 is 0 Å². The highest BCUT2D eigenvalue weighted by atomic mass is 32.2. The van der Waals surface area contributed by atoms with E-state index < -0.39 is 0 Å². The summed E-state index contributed by atoms with van der Waals surface area (Å²) in [6.45, 7) is 2.04. The molecule has 0 aromatic heterocycles. The standard InChI is InChI=1S/C12H16N2S/c1-3-9(8-13)6-10-4-5-11(14)12(7-10)15-2/h4-5,7,9H,3,6,14H2,1-2H3. The van der Waals surface area contributed by atoms with E-state index in [9.17, 15) is 0 Å². The van der Waals surface area contributed by atoms with E-state index in [-0.39, 0.29) is 5.92 Å². The van der Waals surface area contributed by atoms with Crippen molar-refractivity contribution in [2.24, 2.45) is 5.92 Å². The summed E-state index contributed by atoms with van der Waals surface area (Å²) in [6.07, 6.45) is 3.73. The van der Waals surface area contributed by atoms with Gasteiger partial charge in [0, 0.05) is 10.6 Å². The van der Waals surface area contributed by atoms with E-state index >= 15 is 0 Å². The lowest BCUT2D eigenvalue weighted by Gasteiger charge is -2.08. The number of nitrogens with zero attached hydrogens (tertiary/aromatic N) is 1. The van der Waals surface area contributed by atoms with Crippen molar-refractivity contribution in [3.63, 3.8) is 0 Å². The fraction of sp³-hybridized carbons (Fsp3) is 0.417. The molecule has 0 amide bonds. The number of hydrogen-bond donors (Lipinski definition) is 1. The Balaban J connectivity index is 2.83. The van der Waals surface area contributed by atoms with Crippen LogP contribution in [0.15, 0.2) is 23.1 Å². The lowest BCUT2D eigenvalue weighted by Crippen LogP contribution is -2.00. The van der Waals surface area contributed by atoms with E-state index in [1.165, 1.54) is 5.56 Å². The Morgan fingerprint density at radius 3 is 2.80 bits per heavy atom. The van der Waals surface area contributed by atoms with Crippen LogP contribution in [0.2, 0.25) is 0 Å². The van der Waals surface area contributed by atoms with E-state index in [0.29, 0.717) is 0 Å². The Labute approximate surface area is 95.5 Å². The van der Waals surface area contributed by atoms with Crippen molar-refractivity contribution in [1.82, 2.24) is 0 Å². The lowest BCUT2D eigenvalue weighted by atomic mass is 9.98. The molecule has 0 saturated heterocycles. The maximum Gasteiger partial charge on any atom is 0.0659 e.